The monoisotopic (exact) mass is 324 g/mol. The first-order valence-corrected chi connectivity index (χ1v) is 7.77. The van der Waals surface area contributed by atoms with E-state index in [2.05, 4.69) is 30.7 Å². The molecule has 0 unspecified atom stereocenters. The van der Waals surface area contributed by atoms with Crippen LogP contribution in [0.2, 0.25) is 0 Å². The number of carbonyl (C=O) groups is 1. The Morgan fingerprint density at radius 1 is 1.17 bits per heavy atom. The summed E-state index contributed by atoms with van der Waals surface area (Å²) in [5.41, 5.74) is 3.47. The van der Waals surface area contributed by atoms with Gasteiger partial charge in [-0.2, -0.15) is 0 Å². The minimum atomic E-state index is -0.527. The maximum absolute atomic E-state index is 11.6. The summed E-state index contributed by atoms with van der Waals surface area (Å²) in [6.45, 7) is 5.79. The highest BCUT2D eigenvalue weighted by molar-refractivity contribution is 5.99. The summed E-state index contributed by atoms with van der Waals surface area (Å²) in [6.07, 6.45) is 0. The number of phenolic OH excluding ortho intramolecular Hbond substituents is 1. The number of carbonyl (C=O) groups excluding carboxylic acids is 1. The van der Waals surface area contributed by atoms with E-state index >= 15 is 0 Å². The van der Waals surface area contributed by atoms with E-state index in [1.807, 2.05) is 12.1 Å². The number of imidazole rings is 1. The maximum Gasteiger partial charge on any atom is 0.188 e. The number of rotatable bonds is 3. The van der Waals surface area contributed by atoms with Crippen LogP contribution in [0.1, 0.15) is 36.7 Å². The Kier molecular flexibility index (Phi) is 3.89. The Labute approximate surface area is 140 Å². The maximum atomic E-state index is 11.6. The third-order valence-electron chi connectivity index (χ3n) is 4.07. The first-order valence-electron chi connectivity index (χ1n) is 7.77. The van der Waals surface area contributed by atoms with Gasteiger partial charge in [0.2, 0.25) is 0 Å². The number of nitrogens with one attached hydrogen (secondary N) is 1. The van der Waals surface area contributed by atoms with Gasteiger partial charge in [0.15, 0.2) is 5.78 Å². The number of nitrogens with zero attached hydrogens (tertiary/aromatic N) is 1. The summed E-state index contributed by atoms with van der Waals surface area (Å²) in [7, 11) is 0. The molecule has 0 fully saturated rings. The lowest BCUT2D eigenvalue weighted by atomic mass is 9.86. The molecule has 24 heavy (non-hydrogen) atoms. The van der Waals surface area contributed by atoms with Crippen LogP contribution < -0.4 is 0 Å². The topological polar surface area (TPSA) is 86.2 Å². The van der Waals surface area contributed by atoms with E-state index in [-0.39, 0.29) is 16.9 Å². The van der Waals surface area contributed by atoms with Crippen LogP contribution in [0.25, 0.3) is 22.4 Å². The van der Waals surface area contributed by atoms with Crippen molar-refractivity contribution < 1.29 is 15.0 Å². The van der Waals surface area contributed by atoms with Crippen molar-refractivity contribution in [3.8, 4) is 17.1 Å². The molecule has 0 saturated carbocycles. The third kappa shape index (κ3) is 2.90. The zero-order valence-electron chi connectivity index (χ0n) is 13.9. The van der Waals surface area contributed by atoms with Crippen molar-refractivity contribution in [1.82, 2.24) is 9.97 Å². The summed E-state index contributed by atoms with van der Waals surface area (Å²) in [5.74, 6) is 0.349. The average molecular weight is 324 g/mol. The lowest BCUT2D eigenvalue weighted by Crippen LogP contribution is -2.10. The molecule has 0 spiro atoms. The lowest BCUT2D eigenvalue weighted by Gasteiger charge is -2.19. The number of aromatic hydroxyl groups is 1. The van der Waals surface area contributed by atoms with Gasteiger partial charge in [0.05, 0.1) is 16.6 Å². The van der Waals surface area contributed by atoms with Gasteiger partial charge in [-0.15, -0.1) is 0 Å². The van der Waals surface area contributed by atoms with Crippen molar-refractivity contribution in [2.75, 3.05) is 6.61 Å². The fourth-order valence-corrected chi connectivity index (χ4v) is 2.59. The van der Waals surface area contributed by atoms with Crippen LogP contribution >= 0.6 is 0 Å². The molecule has 0 atom stereocenters. The molecule has 0 amide bonds. The van der Waals surface area contributed by atoms with E-state index in [0.29, 0.717) is 28.0 Å². The standard InChI is InChI=1S/C19H20N2O3/c1-19(2,3)12-5-7-16(23)13(9-12)18-20-14-6-4-11(17(24)10-22)8-15(14)21-18/h4-9,22-23H,10H2,1-3H3,(H,20,21). The van der Waals surface area contributed by atoms with E-state index in [0.717, 1.165) is 5.56 Å². The van der Waals surface area contributed by atoms with E-state index in [4.69, 9.17) is 5.11 Å². The molecule has 2 aromatic carbocycles. The highest BCUT2D eigenvalue weighted by Crippen LogP contribution is 2.33. The van der Waals surface area contributed by atoms with Crippen molar-refractivity contribution >= 4 is 16.8 Å². The Morgan fingerprint density at radius 2 is 1.92 bits per heavy atom. The largest absolute Gasteiger partial charge is 0.507 e. The summed E-state index contributed by atoms with van der Waals surface area (Å²) < 4.78 is 0. The van der Waals surface area contributed by atoms with Crippen LogP contribution in [0.5, 0.6) is 5.75 Å². The van der Waals surface area contributed by atoms with Gasteiger partial charge >= 0.3 is 0 Å². The van der Waals surface area contributed by atoms with E-state index in [9.17, 15) is 9.90 Å². The second-order valence-corrected chi connectivity index (χ2v) is 6.88. The fraction of sp³-hybridized carbons (Fsp3) is 0.263. The molecule has 5 nitrogen and oxygen atoms in total. The molecule has 0 aliphatic carbocycles. The van der Waals surface area contributed by atoms with Crippen molar-refractivity contribution in [2.45, 2.75) is 26.2 Å². The zero-order valence-corrected chi connectivity index (χ0v) is 13.9. The Hall–Kier alpha value is -2.66. The number of hydrogen-bond donors (Lipinski definition) is 3. The molecule has 0 saturated heterocycles. The van der Waals surface area contributed by atoms with Gasteiger partial charge in [0.1, 0.15) is 18.2 Å². The number of aromatic amines is 1. The lowest BCUT2D eigenvalue weighted by molar-refractivity contribution is 0.0904. The summed E-state index contributed by atoms with van der Waals surface area (Å²) in [5, 5.41) is 19.2. The quantitative estimate of drug-likeness (QED) is 0.644. The van der Waals surface area contributed by atoms with Gasteiger partial charge in [-0.05, 0) is 41.3 Å². The summed E-state index contributed by atoms with van der Waals surface area (Å²) in [6, 6.07) is 10.5. The minimum absolute atomic E-state index is 0.0464. The summed E-state index contributed by atoms with van der Waals surface area (Å²) in [4.78, 5) is 19.3. The molecule has 124 valence electrons. The summed E-state index contributed by atoms with van der Waals surface area (Å²) >= 11 is 0. The SMILES string of the molecule is CC(C)(C)c1ccc(O)c(-c2nc3ccc(C(=O)CO)cc3[nH]2)c1. The number of aliphatic hydroxyl groups excluding tert-OH is 1. The second-order valence-electron chi connectivity index (χ2n) is 6.88. The van der Waals surface area contributed by atoms with E-state index in [1.54, 1.807) is 24.3 Å². The van der Waals surface area contributed by atoms with Crippen LogP contribution in [-0.4, -0.2) is 32.6 Å². The predicted octanol–water partition coefficient (Wildman–Crippen LogP) is 3.41. The zero-order chi connectivity index (χ0) is 17.5. The van der Waals surface area contributed by atoms with Crippen LogP contribution in [-0.2, 0) is 5.41 Å². The number of ketones is 1. The molecule has 0 aliphatic rings. The molecular weight excluding hydrogens is 304 g/mol. The van der Waals surface area contributed by atoms with Crippen molar-refractivity contribution in [3.63, 3.8) is 0 Å². The molecule has 5 heteroatoms. The number of H-pyrrole nitrogens is 1. The van der Waals surface area contributed by atoms with Crippen LogP contribution in [0.4, 0.5) is 0 Å². The molecule has 3 N–H and O–H groups in total. The number of aliphatic hydroxyl groups is 1. The molecule has 0 radical (unpaired) electrons. The van der Waals surface area contributed by atoms with Gasteiger partial charge in [0, 0.05) is 5.56 Å². The highest BCUT2D eigenvalue weighted by Gasteiger charge is 2.18. The number of aromatic nitrogens is 2. The minimum Gasteiger partial charge on any atom is -0.507 e. The van der Waals surface area contributed by atoms with Crippen LogP contribution in [0, 0.1) is 0 Å². The van der Waals surface area contributed by atoms with Crippen LogP contribution in [0.15, 0.2) is 36.4 Å². The van der Waals surface area contributed by atoms with Gasteiger partial charge in [-0.1, -0.05) is 26.8 Å². The first kappa shape index (κ1) is 16.2. The molecule has 1 aromatic heterocycles. The first-order chi connectivity index (χ1) is 11.3. The fourth-order valence-electron chi connectivity index (χ4n) is 2.59. The Balaban J connectivity index is 2.11. The third-order valence-corrected chi connectivity index (χ3v) is 4.07. The van der Waals surface area contributed by atoms with Crippen LogP contribution in [0.3, 0.4) is 0 Å². The predicted molar refractivity (Wildman–Crippen MR) is 93.3 cm³/mol. The Morgan fingerprint density at radius 3 is 2.58 bits per heavy atom. The Bertz CT molecular complexity index is 920. The van der Waals surface area contributed by atoms with Crippen molar-refractivity contribution in [3.05, 3.63) is 47.5 Å². The van der Waals surface area contributed by atoms with Crippen molar-refractivity contribution in [2.24, 2.45) is 0 Å². The molecular formula is C19H20N2O3. The van der Waals surface area contributed by atoms with Gasteiger partial charge in [0.25, 0.3) is 0 Å². The molecule has 3 aromatic rings. The van der Waals surface area contributed by atoms with Gasteiger partial charge in [-0.25, -0.2) is 4.98 Å². The number of hydrogen-bond acceptors (Lipinski definition) is 4. The average Bonchev–Trinajstić information content (AvgIpc) is 2.96. The number of phenols is 1. The molecule has 1 heterocycles. The van der Waals surface area contributed by atoms with Crippen molar-refractivity contribution in [1.29, 1.82) is 0 Å². The number of Topliss-reactive ketones (excluding diaryl/α,β-unsaturated/α-hetero) is 1. The number of fused-ring (bicyclic) bond motifs is 1. The number of benzene rings is 2. The highest BCUT2D eigenvalue weighted by atomic mass is 16.3. The van der Waals surface area contributed by atoms with Gasteiger partial charge < -0.3 is 15.2 Å². The van der Waals surface area contributed by atoms with E-state index < -0.39 is 6.61 Å². The molecule has 0 aliphatic heterocycles. The smallest absolute Gasteiger partial charge is 0.188 e. The second kappa shape index (κ2) is 5.76. The normalized spacial score (nSPS) is 11.8. The van der Waals surface area contributed by atoms with E-state index in [1.165, 1.54) is 0 Å². The molecule has 3 rings (SSSR count). The molecule has 0 bridgehead atoms. The van der Waals surface area contributed by atoms with Gasteiger partial charge in [-0.3, -0.25) is 4.79 Å².